The Balaban J connectivity index is 1.96. The molecule has 1 heterocycles. The minimum absolute atomic E-state index is 0.310. The number of aromatic nitrogens is 3. The van der Waals surface area contributed by atoms with Crippen molar-refractivity contribution in [1.29, 1.82) is 0 Å². The molecule has 0 atom stereocenters. The summed E-state index contributed by atoms with van der Waals surface area (Å²) in [5.41, 5.74) is 0. The Hall–Kier alpha value is -1.59. The normalized spacial score (nSPS) is 14.3. The van der Waals surface area contributed by atoms with Crippen LogP contribution in [-0.2, 0) is 0 Å². The smallest absolute Gasteiger partial charge is 0.324 e. The highest BCUT2D eigenvalue weighted by molar-refractivity contribution is 5.27. The van der Waals surface area contributed by atoms with Gasteiger partial charge in [0.05, 0.1) is 13.2 Å². The van der Waals surface area contributed by atoms with E-state index >= 15 is 0 Å². The Morgan fingerprint density at radius 3 is 2.44 bits per heavy atom. The maximum absolute atomic E-state index is 5.55. The molecule has 1 aliphatic rings. The second-order valence-electron chi connectivity index (χ2n) is 4.27. The summed E-state index contributed by atoms with van der Waals surface area (Å²) in [4.78, 5) is 12.4. The summed E-state index contributed by atoms with van der Waals surface area (Å²) in [5, 5.41) is 3.04. The fourth-order valence-corrected chi connectivity index (χ4v) is 1.56. The van der Waals surface area contributed by atoms with E-state index in [1.54, 1.807) is 0 Å². The van der Waals surface area contributed by atoms with Gasteiger partial charge in [-0.05, 0) is 26.2 Å². The maximum Gasteiger partial charge on any atom is 0.324 e. The molecule has 0 saturated heterocycles. The first kappa shape index (κ1) is 12.9. The molecule has 0 amide bonds. The first-order valence-corrected chi connectivity index (χ1v) is 6.57. The van der Waals surface area contributed by atoms with Crippen molar-refractivity contribution < 1.29 is 9.47 Å². The lowest BCUT2D eigenvalue weighted by atomic mass is 10.3. The third-order valence-electron chi connectivity index (χ3n) is 2.66. The van der Waals surface area contributed by atoms with Gasteiger partial charge in [-0.3, -0.25) is 0 Å². The lowest BCUT2D eigenvalue weighted by Gasteiger charge is -2.08. The van der Waals surface area contributed by atoms with Gasteiger partial charge in [0.15, 0.2) is 0 Å². The number of ether oxygens (including phenoxy) is 2. The number of rotatable bonds is 8. The van der Waals surface area contributed by atoms with E-state index in [0.717, 1.165) is 18.9 Å². The van der Waals surface area contributed by atoms with Crippen LogP contribution in [0.4, 0.5) is 5.95 Å². The van der Waals surface area contributed by atoms with Crippen molar-refractivity contribution in [1.82, 2.24) is 15.0 Å². The second kappa shape index (κ2) is 6.37. The van der Waals surface area contributed by atoms with Gasteiger partial charge in [0.1, 0.15) is 0 Å². The minimum Gasteiger partial charge on any atom is -0.464 e. The zero-order valence-electron chi connectivity index (χ0n) is 11.0. The van der Waals surface area contributed by atoms with E-state index in [9.17, 15) is 0 Å². The molecule has 18 heavy (non-hydrogen) atoms. The van der Waals surface area contributed by atoms with Crippen molar-refractivity contribution in [2.45, 2.75) is 33.1 Å². The Morgan fingerprint density at radius 2 is 1.83 bits per heavy atom. The molecule has 0 radical (unpaired) electrons. The third-order valence-corrected chi connectivity index (χ3v) is 2.66. The zero-order valence-corrected chi connectivity index (χ0v) is 11.0. The van der Waals surface area contributed by atoms with Crippen LogP contribution in [0.1, 0.15) is 33.1 Å². The van der Waals surface area contributed by atoms with Gasteiger partial charge in [0, 0.05) is 6.54 Å². The predicted molar refractivity (Wildman–Crippen MR) is 68.0 cm³/mol. The first-order valence-electron chi connectivity index (χ1n) is 6.57. The fourth-order valence-electron chi connectivity index (χ4n) is 1.56. The molecule has 0 spiro atoms. The zero-order chi connectivity index (χ0) is 12.8. The van der Waals surface area contributed by atoms with Crippen LogP contribution in [-0.4, -0.2) is 34.7 Å². The number of nitrogens with zero attached hydrogens (tertiary/aromatic N) is 3. The molecule has 1 N–H and O–H groups in total. The predicted octanol–water partition coefficient (Wildman–Crippen LogP) is 1.88. The lowest BCUT2D eigenvalue weighted by Crippen LogP contribution is -2.09. The summed E-state index contributed by atoms with van der Waals surface area (Å²) in [6.45, 7) is 5.81. The summed E-state index contributed by atoms with van der Waals surface area (Å²) >= 11 is 0. The van der Waals surface area contributed by atoms with Gasteiger partial charge in [-0.1, -0.05) is 12.8 Å². The Bertz CT molecular complexity index is 358. The van der Waals surface area contributed by atoms with Crippen LogP contribution in [0.2, 0.25) is 0 Å². The molecular weight excluding hydrogens is 232 g/mol. The van der Waals surface area contributed by atoms with Crippen LogP contribution in [0.3, 0.4) is 0 Å². The molecule has 0 unspecified atom stereocenters. The molecule has 0 bridgehead atoms. The third kappa shape index (κ3) is 4.01. The molecule has 1 aliphatic carbocycles. The SMILES string of the molecule is CCNc1nc(OCC)nc(OCCC2CC2)n1. The highest BCUT2D eigenvalue weighted by atomic mass is 16.5. The van der Waals surface area contributed by atoms with E-state index in [-0.39, 0.29) is 0 Å². The highest BCUT2D eigenvalue weighted by Gasteiger charge is 2.21. The van der Waals surface area contributed by atoms with Crippen LogP contribution in [0.25, 0.3) is 0 Å². The van der Waals surface area contributed by atoms with E-state index < -0.39 is 0 Å². The Morgan fingerprint density at radius 1 is 1.11 bits per heavy atom. The molecule has 1 saturated carbocycles. The number of anilines is 1. The highest BCUT2D eigenvalue weighted by Crippen LogP contribution is 2.32. The largest absolute Gasteiger partial charge is 0.464 e. The van der Waals surface area contributed by atoms with Crippen LogP contribution < -0.4 is 14.8 Å². The molecule has 100 valence electrons. The second-order valence-corrected chi connectivity index (χ2v) is 4.27. The van der Waals surface area contributed by atoms with E-state index in [1.165, 1.54) is 12.8 Å². The van der Waals surface area contributed by atoms with Crippen molar-refractivity contribution in [3.8, 4) is 12.0 Å². The van der Waals surface area contributed by atoms with Crippen molar-refractivity contribution in [2.24, 2.45) is 5.92 Å². The molecule has 6 heteroatoms. The maximum atomic E-state index is 5.55. The number of hydrogen-bond acceptors (Lipinski definition) is 6. The molecule has 1 aromatic rings. The van der Waals surface area contributed by atoms with Crippen molar-refractivity contribution in [2.75, 3.05) is 25.1 Å². The van der Waals surface area contributed by atoms with Gasteiger partial charge in [-0.15, -0.1) is 4.98 Å². The van der Waals surface area contributed by atoms with E-state index in [1.807, 2.05) is 13.8 Å². The van der Waals surface area contributed by atoms with Gasteiger partial charge in [-0.25, -0.2) is 0 Å². The average Bonchev–Trinajstić information content (AvgIpc) is 3.14. The molecule has 0 aliphatic heterocycles. The summed E-state index contributed by atoms with van der Waals surface area (Å²) in [6.07, 6.45) is 3.73. The van der Waals surface area contributed by atoms with Crippen molar-refractivity contribution >= 4 is 5.95 Å². The molecule has 1 fully saturated rings. The van der Waals surface area contributed by atoms with Crippen LogP contribution >= 0.6 is 0 Å². The monoisotopic (exact) mass is 252 g/mol. The molecule has 0 aromatic carbocycles. The van der Waals surface area contributed by atoms with E-state index in [2.05, 4.69) is 20.3 Å². The molecule has 6 nitrogen and oxygen atoms in total. The van der Waals surface area contributed by atoms with Gasteiger partial charge in [0.2, 0.25) is 5.95 Å². The van der Waals surface area contributed by atoms with Crippen LogP contribution in [0, 0.1) is 5.92 Å². The topological polar surface area (TPSA) is 69.2 Å². The summed E-state index contributed by atoms with van der Waals surface area (Å²) in [7, 11) is 0. The van der Waals surface area contributed by atoms with Gasteiger partial charge in [0.25, 0.3) is 0 Å². The number of hydrogen-bond donors (Lipinski definition) is 1. The first-order chi connectivity index (χ1) is 8.81. The van der Waals surface area contributed by atoms with E-state index in [0.29, 0.717) is 31.2 Å². The quantitative estimate of drug-likeness (QED) is 0.762. The summed E-state index contributed by atoms with van der Waals surface area (Å²) < 4.78 is 10.8. The fraction of sp³-hybridized carbons (Fsp3) is 0.750. The lowest BCUT2D eigenvalue weighted by molar-refractivity contribution is 0.262. The Kier molecular flexibility index (Phi) is 4.55. The molecule has 1 aromatic heterocycles. The van der Waals surface area contributed by atoms with Crippen molar-refractivity contribution in [3.63, 3.8) is 0 Å². The molecular formula is C12H20N4O2. The van der Waals surface area contributed by atoms with Gasteiger partial charge in [-0.2, -0.15) is 9.97 Å². The minimum atomic E-state index is 0.310. The van der Waals surface area contributed by atoms with Crippen molar-refractivity contribution in [3.05, 3.63) is 0 Å². The van der Waals surface area contributed by atoms with Crippen LogP contribution in [0.15, 0.2) is 0 Å². The van der Waals surface area contributed by atoms with Gasteiger partial charge >= 0.3 is 12.0 Å². The van der Waals surface area contributed by atoms with Gasteiger partial charge < -0.3 is 14.8 Å². The summed E-state index contributed by atoms with van der Waals surface area (Å²) in [6, 6.07) is 0.648. The number of nitrogens with one attached hydrogen (secondary N) is 1. The summed E-state index contributed by atoms with van der Waals surface area (Å²) in [5.74, 6) is 1.34. The van der Waals surface area contributed by atoms with Crippen LogP contribution in [0.5, 0.6) is 12.0 Å². The van der Waals surface area contributed by atoms with E-state index in [4.69, 9.17) is 9.47 Å². The Labute approximate surface area is 107 Å². The molecule has 2 rings (SSSR count). The standard InChI is InChI=1S/C12H20N4O2/c1-3-13-10-14-11(17-4-2)16-12(15-10)18-8-7-9-5-6-9/h9H,3-8H2,1-2H3,(H,13,14,15,16). The average molecular weight is 252 g/mol.